The summed E-state index contributed by atoms with van der Waals surface area (Å²) in [5.74, 6) is 1.09. The lowest BCUT2D eigenvalue weighted by Crippen LogP contribution is -2.13. The molecule has 0 unspecified atom stereocenters. The van der Waals surface area contributed by atoms with Crippen LogP contribution in [0.5, 0.6) is 11.5 Å². The molecule has 0 aliphatic heterocycles. The standard InChI is InChI=1S/C15H14N2O2/c16-15(18)11-17-10-12-6-8-14(9-7-12)19-13-4-2-1-3-5-13/h1-10H,11H2,(H2,16,18). The van der Waals surface area contributed by atoms with Crippen LogP contribution in [0.1, 0.15) is 5.56 Å². The SMILES string of the molecule is NC(=O)CN=Cc1ccc(Oc2ccccc2)cc1. The average molecular weight is 254 g/mol. The van der Waals surface area contributed by atoms with Crippen molar-refractivity contribution in [2.24, 2.45) is 10.7 Å². The lowest BCUT2D eigenvalue weighted by Gasteiger charge is -2.05. The Morgan fingerprint density at radius 3 is 2.32 bits per heavy atom. The van der Waals surface area contributed by atoms with Gasteiger partial charge in [0.15, 0.2) is 0 Å². The molecule has 0 atom stereocenters. The fraction of sp³-hybridized carbons (Fsp3) is 0.0667. The molecule has 0 saturated heterocycles. The van der Waals surface area contributed by atoms with E-state index in [1.165, 1.54) is 0 Å². The van der Waals surface area contributed by atoms with Gasteiger partial charge in [0.05, 0.1) is 0 Å². The first-order chi connectivity index (χ1) is 9.24. The van der Waals surface area contributed by atoms with Gasteiger partial charge in [-0.2, -0.15) is 0 Å². The summed E-state index contributed by atoms with van der Waals surface area (Å²) in [4.78, 5) is 14.4. The van der Waals surface area contributed by atoms with Crippen LogP contribution in [0.15, 0.2) is 59.6 Å². The Bertz CT molecular complexity index is 562. The number of para-hydroxylation sites is 1. The van der Waals surface area contributed by atoms with Gasteiger partial charge >= 0.3 is 0 Å². The van der Waals surface area contributed by atoms with Crippen LogP contribution in [-0.2, 0) is 4.79 Å². The fourth-order valence-corrected chi connectivity index (χ4v) is 1.49. The molecule has 0 heterocycles. The van der Waals surface area contributed by atoms with Crippen molar-refractivity contribution in [3.05, 3.63) is 60.2 Å². The number of hydrogen-bond donors (Lipinski definition) is 1. The van der Waals surface area contributed by atoms with Crippen molar-refractivity contribution >= 4 is 12.1 Å². The molecule has 2 aromatic carbocycles. The number of aliphatic imine (C=N–C) groups is 1. The van der Waals surface area contributed by atoms with Crippen LogP contribution in [0.3, 0.4) is 0 Å². The van der Waals surface area contributed by atoms with Crippen LogP contribution in [0, 0.1) is 0 Å². The van der Waals surface area contributed by atoms with E-state index in [2.05, 4.69) is 4.99 Å². The van der Waals surface area contributed by atoms with Crippen molar-refractivity contribution in [1.82, 2.24) is 0 Å². The van der Waals surface area contributed by atoms with Gasteiger partial charge in [0.2, 0.25) is 5.91 Å². The quantitative estimate of drug-likeness (QED) is 0.832. The van der Waals surface area contributed by atoms with Gasteiger partial charge in [0, 0.05) is 6.21 Å². The van der Waals surface area contributed by atoms with E-state index >= 15 is 0 Å². The molecule has 4 nitrogen and oxygen atoms in total. The average Bonchev–Trinajstić information content (AvgIpc) is 2.42. The normalized spacial score (nSPS) is 10.5. The van der Waals surface area contributed by atoms with E-state index in [9.17, 15) is 4.79 Å². The number of nitrogens with two attached hydrogens (primary N) is 1. The number of ether oxygens (including phenoxy) is 1. The second-order valence-corrected chi connectivity index (χ2v) is 3.92. The molecule has 0 saturated carbocycles. The lowest BCUT2D eigenvalue weighted by molar-refractivity contribution is -0.116. The van der Waals surface area contributed by atoms with Gasteiger partial charge in [-0.1, -0.05) is 18.2 Å². The molecular formula is C15H14N2O2. The van der Waals surface area contributed by atoms with Gasteiger partial charge in [0.1, 0.15) is 18.0 Å². The van der Waals surface area contributed by atoms with E-state index < -0.39 is 5.91 Å². The summed E-state index contributed by atoms with van der Waals surface area (Å²) >= 11 is 0. The largest absolute Gasteiger partial charge is 0.457 e. The Hall–Kier alpha value is -2.62. The van der Waals surface area contributed by atoms with E-state index in [-0.39, 0.29) is 6.54 Å². The third kappa shape index (κ3) is 4.27. The molecule has 0 aromatic heterocycles. The molecule has 0 fully saturated rings. The second-order valence-electron chi connectivity index (χ2n) is 3.92. The minimum atomic E-state index is -0.444. The zero-order chi connectivity index (χ0) is 13.5. The highest BCUT2D eigenvalue weighted by molar-refractivity contribution is 5.83. The van der Waals surface area contributed by atoms with Crippen molar-refractivity contribution in [2.45, 2.75) is 0 Å². The monoisotopic (exact) mass is 254 g/mol. The van der Waals surface area contributed by atoms with Crippen molar-refractivity contribution in [2.75, 3.05) is 6.54 Å². The summed E-state index contributed by atoms with van der Waals surface area (Å²) < 4.78 is 5.66. The summed E-state index contributed by atoms with van der Waals surface area (Å²) in [5.41, 5.74) is 5.88. The van der Waals surface area contributed by atoms with E-state index in [0.29, 0.717) is 0 Å². The highest BCUT2D eigenvalue weighted by Gasteiger charge is 1.96. The molecule has 0 bridgehead atoms. The van der Waals surface area contributed by atoms with Crippen LogP contribution in [0.4, 0.5) is 0 Å². The summed E-state index contributed by atoms with van der Waals surface area (Å²) in [7, 11) is 0. The van der Waals surface area contributed by atoms with Gasteiger partial charge in [-0.15, -0.1) is 0 Å². The maximum atomic E-state index is 10.5. The number of carbonyl (C=O) groups excluding carboxylic acids is 1. The highest BCUT2D eigenvalue weighted by Crippen LogP contribution is 2.20. The zero-order valence-electron chi connectivity index (χ0n) is 10.3. The Morgan fingerprint density at radius 2 is 1.68 bits per heavy atom. The van der Waals surface area contributed by atoms with Crippen molar-refractivity contribution < 1.29 is 9.53 Å². The Morgan fingerprint density at radius 1 is 1.05 bits per heavy atom. The fourth-order valence-electron chi connectivity index (χ4n) is 1.49. The zero-order valence-corrected chi connectivity index (χ0v) is 10.3. The molecule has 0 aliphatic rings. The van der Waals surface area contributed by atoms with E-state index in [0.717, 1.165) is 17.1 Å². The maximum absolute atomic E-state index is 10.5. The highest BCUT2D eigenvalue weighted by atomic mass is 16.5. The first kappa shape index (κ1) is 12.8. The van der Waals surface area contributed by atoms with Crippen LogP contribution < -0.4 is 10.5 Å². The van der Waals surface area contributed by atoms with Gasteiger partial charge in [-0.05, 0) is 42.0 Å². The summed E-state index contributed by atoms with van der Waals surface area (Å²) in [6.07, 6.45) is 1.61. The van der Waals surface area contributed by atoms with Crippen LogP contribution in [0.25, 0.3) is 0 Å². The number of primary amides is 1. The molecule has 2 aromatic rings. The first-order valence-corrected chi connectivity index (χ1v) is 5.85. The molecule has 4 heteroatoms. The number of hydrogen-bond acceptors (Lipinski definition) is 3. The molecule has 2 N–H and O–H groups in total. The van der Waals surface area contributed by atoms with Gasteiger partial charge < -0.3 is 10.5 Å². The van der Waals surface area contributed by atoms with Crippen LogP contribution >= 0.6 is 0 Å². The van der Waals surface area contributed by atoms with Gasteiger partial charge in [0.25, 0.3) is 0 Å². The predicted molar refractivity (Wildman–Crippen MR) is 74.6 cm³/mol. The van der Waals surface area contributed by atoms with Crippen LogP contribution in [0.2, 0.25) is 0 Å². The Kier molecular flexibility index (Phi) is 4.29. The number of benzene rings is 2. The predicted octanol–water partition coefficient (Wildman–Crippen LogP) is 2.38. The Balaban J connectivity index is 1.98. The van der Waals surface area contributed by atoms with Crippen molar-refractivity contribution in [3.63, 3.8) is 0 Å². The Labute approximate surface area is 111 Å². The van der Waals surface area contributed by atoms with Crippen LogP contribution in [-0.4, -0.2) is 18.7 Å². The number of rotatable bonds is 5. The molecule has 0 radical (unpaired) electrons. The summed E-state index contributed by atoms with van der Waals surface area (Å²) in [5, 5.41) is 0. The molecule has 0 aliphatic carbocycles. The maximum Gasteiger partial charge on any atom is 0.239 e. The minimum Gasteiger partial charge on any atom is -0.457 e. The first-order valence-electron chi connectivity index (χ1n) is 5.85. The topological polar surface area (TPSA) is 64.7 Å². The van der Waals surface area contributed by atoms with Crippen molar-refractivity contribution in [1.29, 1.82) is 0 Å². The third-order valence-electron chi connectivity index (χ3n) is 2.35. The molecule has 1 amide bonds. The number of nitrogens with zero attached hydrogens (tertiary/aromatic N) is 1. The van der Waals surface area contributed by atoms with E-state index in [1.54, 1.807) is 6.21 Å². The van der Waals surface area contributed by atoms with Crippen molar-refractivity contribution in [3.8, 4) is 11.5 Å². The summed E-state index contributed by atoms with van der Waals surface area (Å²) in [6.45, 7) is 0.00225. The number of carbonyl (C=O) groups is 1. The van der Waals surface area contributed by atoms with E-state index in [1.807, 2.05) is 54.6 Å². The minimum absolute atomic E-state index is 0.00225. The van der Waals surface area contributed by atoms with Gasteiger partial charge in [-0.25, -0.2) is 0 Å². The van der Waals surface area contributed by atoms with E-state index in [4.69, 9.17) is 10.5 Å². The molecule has 0 spiro atoms. The summed E-state index contributed by atoms with van der Waals surface area (Å²) in [6, 6.07) is 17.0. The second kappa shape index (κ2) is 6.35. The molecule has 96 valence electrons. The molecule has 19 heavy (non-hydrogen) atoms. The lowest BCUT2D eigenvalue weighted by atomic mass is 10.2. The smallest absolute Gasteiger partial charge is 0.239 e. The van der Waals surface area contributed by atoms with Gasteiger partial charge in [-0.3, -0.25) is 9.79 Å². The number of amides is 1. The molecular weight excluding hydrogens is 240 g/mol. The third-order valence-corrected chi connectivity index (χ3v) is 2.35. The molecule has 2 rings (SSSR count).